The Morgan fingerprint density at radius 1 is 1.60 bits per heavy atom. The van der Waals surface area contributed by atoms with Crippen molar-refractivity contribution < 1.29 is 9.31 Å². The average molecular weight is 233 g/mol. The molecule has 0 aromatic heterocycles. The maximum atomic E-state index is 13.5. The molecule has 0 heterocycles. The van der Waals surface area contributed by atoms with E-state index in [1.165, 1.54) is 18.2 Å². The van der Waals surface area contributed by atoms with Crippen molar-refractivity contribution in [2.75, 3.05) is 6.54 Å². The molecule has 1 aromatic rings. The molecule has 0 aliphatic heterocycles. The van der Waals surface area contributed by atoms with E-state index in [2.05, 4.69) is 0 Å². The minimum Gasteiger partial charge on any atom is -0.330 e. The largest absolute Gasteiger partial charge is 0.330 e. The number of hydrogen-bond acceptors (Lipinski definition) is 3. The summed E-state index contributed by atoms with van der Waals surface area (Å²) in [6.45, 7) is 0.115. The van der Waals surface area contributed by atoms with Crippen LogP contribution in [0.3, 0.4) is 0 Å². The molecule has 0 aliphatic carbocycles. The molecule has 15 heavy (non-hydrogen) atoms. The third-order valence-electron chi connectivity index (χ3n) is 1.96. The molecule has 1 rings (SSSR count). The first-order valence-electron chi connectivity index (χ1n) is 4.35. The van der Waals surface area contributed by atoms with Crippen molar-refractivity contribution in [3.8, 4) is 0 Å². The Labute approximate surface area is 91.0 Å². The third-order valence-corrected chi connectivity index (χ3v) is 2.29. The quantitative estimate of drug-likeness (QED) is 0.641. The fourth-order valence-corrected chi connectivity index (χ4v) is 1.57. The SMILES string of the molecule is NCCC(F)c1c(Cl)cccc1[N+](=O)[O-]. The lowest BCUT2D eigenvalue weighted by molar-refractivity contribution is -0.386. The van der Waals surface area contributed by atoms with Gasteiger partial charge in [0.25, 0.3) is 5.69 Å². The number of nitro groups is 1. The monoisotopic (exact) mass is 232 g/mol. The molecule has 0 spiro atoms. The summed E-state index contributed by atoms with van der Waals surface area (Å²) in [6.07, 6.45) is -1.48. The zero-order valence-electron chi connectivity index (χ0n) is 7.82. The van der Waals surface area contributed by atoms with Crippen LogP contribution in [0.5, 0.6) is 0 Å². The molecule has 2 N–H and O–H groups in total. The lowest BCUT2D eigenvalue weighted by Crippen LogP contribution is -2.06. The van der Waals surface area contributed by atoms with E-state index < -0.39 is 11.1 Å². The maximum absolute atomic E-state index is 13.5. The summed E-state index contributed by atoms with van der Waals surface area (Å²) in [4.78, 5) is 9.98. The zero-order chi connectivity index (χ0) is 11.4. The van der Waals surface area contributed by atoms with Gasteiger partial charge in [-0.25, -0.2) is 4.39 Å². The maximum Gasteiger partial charge on any atom is 0.277 e. The standard InChI is InChI=1S/C9H10ClFN2O2/c10-6-2-1-3-8(13(14)15)9(6)7(11)4-5-12/h1-3,7H,4-5,12H2. The van der Waals surface area contributed by atoms with E-state index in [4.69, 9.17) is 17.3 Å². The van der Waals surface area contributed by atoms with Crippen molar-refractivity contribution in [2.24, 2.45) is 5.73 Å². The predicted molar refractivity (Wildman–Crippen MR) is 55.6 cm³/mol. The first kappa shape index (κ1) is 11.9. The molecule has 0 amide bonds. The van der Waals surface area contributed by atoms with Crippen LogP contribution in [-0.4, -0.2) is 11.5 Å². The number of hydrogen-bond donors (Lipinski definition) is 1. The highest BCUT2D eigenvalue weighted by molar-refractivity contribution is 6.31. The van der Waals surface area contributed by atoms with Crippen LogP contribution in [0.25, 0.3) is 0 Å². The molecule has 0 fully saturated rings. The van der Waals surface area contributed by atoms with Crippen LogP contribution in [0.2, 0.25) is 5.02 Å². The summed E-state index contributed by atoms with van der Waals surface area (Å²) >= 11 is 5.72. The topological polar surface area (TPSA) is 69.2 Å². The Morgan fingerprint density at radius 2 is 2.27 bits per heavy atom. The second kappa shape index (κ2) is 5.04. The van der Waals surface area contributed by atoms with Crippen LogP contribution in [0.4, 0.5) is 10.1 Å². The van der Waals surface area contributed by atoms with Crippen molar-refractivity contribution in [3.05, 3.63) is 38.9 Å². The van der Waals surface area contributed by atoms with Crippen LogP contribution >= 0.6 is 11.6 Å². The molecule has 1 atom stereocenters. The first-order chi connectivity index (χ1) is 7.07. The van der Waals surface area contributed by atoms with E-state index in [0.29, 0.717) is 0 Å². The molecule has 1 unspecified atom stereocenters. The van der Waals surface area contributed by atoms with Gasteiger partial charge in [-0.3, -0.25) is 10.1 Å². The molecule has 4 nitrogen and oxygen atoms in total. The van der Waals surface area contributed by atoms with E-state index in [-0.39, 0.29) is 29.2 Å². The molecule has 0 aliphatic rings. The lowest BCUT2D eigenvalue weighted by atomic mass is 10.1. The van der Waals surface area contributed by atoms with E-state index in [0.717, 1.165) is 0 Å². The molecule has 0 radical (unpaired) electrons. The molecular formula is C9H10ClFN2O2. The molecule has 0 bridgehead atoms. The van der Waals surface area contributed by atoms with Crippen molar-refractivity contribution in [2.45, 2.75) is 12.6 Å². The molecule has 82 valence electrons. The van der Waals surface area contributed by atoms with Crippen molar-refractivity contribution >= 4 is 17.3 Å². The Kier molecular flexibility index (Phi) is 3.99. The number of halogens is 2. The van der Waals surface area contributed by atoms with E-state index in [1.807, 2.05) is 0 Å². The van der Waals surface area contributed by atoms with Gasteiger partial charge in [0.1, 0.15) is 6.17 Å². The summed E-state index contributed by atoms with van der Waals surface area (Å²) in [5.41, 5.74) is 4.80. The summed E-state index contributed by atoms with van der Waals surface area (Å²) < 4.78 is 13.5. The van der Waals surface area contributed by atoms with Crippen LogP contribution in [0.1, 0.15) is 18.2 Å². The Morgan fingerprint density at radius 3 is 2.80 bits per heavy atom. The number of nitrogens with two attached hydrogens (primary N) is 1. The fraction of sp³-hybridized carbons (Fsp3) is 0.333. The Hall–Kier alpha value is -1.20. The second-order valence-corrected chi connectivity index (χ2v) is 3.38. The summed E-state index contributed by atoms with van der Waals surface area (Å²) in [5.74, 6) is 0. The molecule has 1 aromatic carbocycles. The highest BCUT2D eigenvalue weighted by Gasteiger charge is 2.23. The van der Waals surface area contributed by atoms with Crippen molar-refractivity contribution in [3.63, 3.8) is 0 Å². The minimum atomic E-state index is -1.50. The number of nitro benzene ring substituents is 1. The van der Waals surface area contributed by atoms with Gasteiger partial charge in [0.15, 0.2) is 0 Å². The highest BCUT2D eigenvalue weighted by Crippen LogP contribution is 2.35. The Balaban J connectivity index is 3.18. The first-order valence-corrected chi connectivity index (χ1v) is 4.72. The van der Waals surface area contributed by atoms with Crippen molar-refractivity contribution in [1.82, 2.24) is 0 Å². The summed E-state index contributed by atoms with van der Waals surface area (Å²) in [5, 5.41) is 10.7. The number of nitrogens with zero attached hydrogens (tertiary/aromatic N) is 1. The van der Waals surface area contributed by atoms with Gasteiger partial charge in [0.05, 0.1) is 15.5 Å². The van der Waals surface area contributed by atoms with Gasteiger partial charge in [0, 0.05) is 6.07 Å². The van der Waals surface area contributed by atoms with Gasteiger partial charge in [-0.1, -0.05) is 17.7 Å². The van der Waals surface area contributed by atoms with Gasteiger partial charge in [-0.05, 0) is 19.0 Å². The minimum absolute atomic E-state index is 0.0184. The van der Waals surface area contributed by atoms with E-state index >= 15 is 0 Å². The highest BCUT2D eigenvalue weighted by atomic mass is 35.5. The van der Waals surface area contributed by atoms with Gasteiger partial charge >= 0.3 is 0 Å². The number of alkyl halides is 1. The lowest BCUT2D eigenvalue weighted by Gasteiger charge is -2.09. The fourth-order valence-electron chi connectivity index (χ4n) is 1.29. The number of benzene rings is 1. The Bertz CT molecular complexity index is 373. The van der Waals surface area contributed by atoms with Crippen molar-refractivity contribution in [1.29, 1.82) is 0 Å². The van der Waals surface area contributed by atoms with Gasteiger partial charge < -0.3 is 5.73 Å². The average Bonchev–Trinajstić information content (AvgIpc) is 2.17. The van der Waals surface area contributed by atoms with Crippen LogP contribution in [0.15, 0.2) is 18.2 Å². The predicted octanol–water partition coefficient (Wildman–Crippen LogP) is 2.61. The van der Waals surface area contributed by atoms with Gasteiger partial charge in [0.2, 0.25) is 0 Å². The normalized spacial score (nSPS) is 12.5. The van der Waals surface area contributed by atoms with Gasteiger partial charge in [-0.2, -0.15) is 0 Å². The zero-order valence-corrected chi connectivity index (χ0v) is 8.58. The van der Waals surface area contributed by atoms with E-state index in [1.54, 1.807) is 0 Å². The molecule has 6 heteroatoms. The molecule has 0 saturated carbocycles. The summed E-state index contributed by atoms with van der Waals surface area (Å²) in [6, 6.07) is 4.07. The third kappa shape index (κ3) is 2.64. The van der Waals surface area contributed by atoms with Crippen LogP contribution < -0.4 is 5.73 Å². The smallest absolute Gasteiger partial charge is 0.277 e. The van der Waals surface area contributed by atoms with Gasteiger partial charge in [-0.15, -0.1) is 0 Å². The van der Waals surface area contributed by atoms with Crippen LogP contribution in [0, 0.1) is 10.1 Å². The van der Waals surface area contributed by atoms with Crippen LogP contribution in [-0.2, 0) is 0 Å². The second-order valence-electron chi connectivity index (χ2n) is 2.97. The molecule has 0 saturated heterocycles. The summed E-state index contributed by atoms with van der Waals surface area (Å²) in [7, 11) is 0. The molecular weight excluding hydrogens is 223 g/mol. The number of rotatable bonds is 4. The van der Waals surface area contributed by atoms with E-state index in [9.17, 15) is 14.5 Å².